The topological polar surface area (TPSA) is 85.5 Å². The summed E-state index contributed by atoms with van der Waals surface area (Å²) in [6.07, 6.45) is 1.57. The number of hydrogen-bond acceptors (Lipinski definition) is 5. The predicted molar refractivity (Wildman–Crippen MR) is 96.3 cm³/mol. The number of methoxy groups -OCH3 is 1. The first kappa shape index (κ1) is 17.4. The Morgan fingerprint density at radius 2 is 2.12 bits per heavy atom. The second kappa shape index (κ2) is 7.65. The van der Waals surface area contributed by atoms with Gasteiger partial charge in [0, 0.05) is 30.0 Å². The lowest BCUT2D eigenvalue weighted by molar-refractivity contribution is -0.134. The van der Waals surface area contributed by atoms with Gasteiger partial charge in [-0.3, -0.25) is 9.59 Å². The van der Waals surface area contributed by atoms with Crippen LogP contribution in [-0.4, -0.2) is 41.9 Å². The molecule has 2 amide bonds. The van der Waals surface area contributed by atoms with Crippen molar-refractivity contribution in [3.8, 4) is 16.3 Å². The standard InChI is InChI=1S/C18H21N3O3S/c1-24-15-4-2-3-13(9-15)18-20-14(11-25-18)10-16(22)21-7-5-12(6-8-21)17(19)23/h2-4,9,11-12H,5-8,10H2,1H3,(H2,19,23). The first-order chi connectivity index (χ1) is 12.1. The van der Waals surface area contributed by atoms with Gasteiger partial charge in [-0.2, -0.15) is 0 Å². The Labute approximate surface area is 150 Å². The summed E-state index contributed by atoms with van der Waals surface area (Å²) in [6.45, 7) is 1.17. The Balaban J connectivity index is 1.61. The number of amides is 2. The van der Waals surface area contributed by atoms with Crippen LogP contribution in [-0.2, 0) is 16.0 Å². The van der Waals surface area contributed by atoms with Crippen molar-refractivity contribution in [3.05, 3.63) is 35.3 Å². The number of ether oxygens (including phenoxy) is 1. The first-order valence-electron chi connectivity index (χ1n) is 8.22. The number of benzene rings is 1. The second-order valence-corrected chi connectivity index (χ2v) is 6.97. The lowest BCUT2D eigenvalue weighted by Gasteiger charge is -2.30. The molecule has 1 saturated heterocycles. The van der Waals surface area contributed by atoms with E-state index < -0.39 is 0 Å². The molecule has 25 heavy (non-hydrogen) atoms. The first-order valence-corrected chi connectivity index (χ1v) is 9.10. The van der Waals surface area contributed by atoms with Gasteiger partial charge in [-0.1, -0.05) is 12.1 Å². The SMILES string of the molecule is COc1cccc(-c2nc(CC(=O)N3CCC(C(N)=O)CC3)cs2)c1. The highest BCUT2D eigenvalue weighted by molar-refractivity contribution is 7.13. The second-order valence-electron chi connectivity index (χ2n) is 6.11. The monoisotopic (exact) mass is 359 g/mol. The summed E-state index contributed by atoms with van der Waals surface area (Å²) >= 11 is 1.52. The fourth-order valence-corrected chi connectivity index (χ4v) is 3.77. The van der Waals surface area contributed by atoms with E-state index in [1.165, 1.54) is 11.3 Å². The minimum absolute atomic E-state index is 0.0467. The zero-order valence-corrected chi connectivity index (χ0v) is 14.9. The van der Waals surface area contributed by atoms with Gasteiger partial charge in [0.25, 0.3) is 0 Å². The molecule has 1 aromatic heterocycles. The van der Waals surface area contributed by atoms with Gasteiger partial charge in [0.1, 0.15) is 10.8 Å². The van der Waals surface area contributed by atoms with E-state index >= 15 is 0 Å². The molecule has 132 valence electrons. The summed E-state index contributed by atoms with van der Waals surface area (Å²) in [4.78, 5) is 30.0. The number of thiazole rings is 1. The number of nitrogens with two attached hydrogens (primary N) is 1. The van der Waals surface area contributed by atoms with Crippen LogP contribution in [0.1, 0.15) is 18.5 Å². The highest BCUT2D eigenvalue weighted by Gasteiger charge is 2.26. The molecule has 6 nitrogen and oxygen atoms in total. The van der Waals surface area contributed by atoms with Crippen LogP contribution in [0.5, 0.6) is 5.75 Å². The van der Waals surface area contributed by atoms with Crippen molar-refractivity contribution >= 4 is 23.2 Å². The van der Waals surface area contributed by atoms with Crippen molar-refractivity contribution in [2.45, 2.75) is 19.3 Å². The van der Waals surface area contributed by atoms with Crippen LogP contribution in [0.3, 0.4) is 0 Å². The van der Waals surface area contributed by atoms with E-state index in [9.17, 15) is 9.59 Å². The molecule has 3 rings (SSSR count). The Kier molecular flexibility index (Phi) is 5.33. The maximum Gasteiger partial charge on any atom is 0.228 e. The van der Waals surface area contributed by atoms with Gasteiger partial charge in [0.2, 0.25) is 11.8 Å². The summed E-state index contributed by atoms with van der Waals surface area (Å²) in [5.74, 6) is 0.450. The van der Waals surface area contributed by atoms with Gasteiger partial charge < -0.3 is 15.4 Å². The minimum Gasteiger partial charge on any atom is -0.497 e. The van der Waals surface area contributed by atoms with E-state index in [4.69, 9.17) is 10.5 Å². The van der Waals surface area contributed by atoms with Crippen molar-refractivity contribution in [2.75, 3.05) is 20.2 Å². The number of likely N-dealkylation sites (tertiary alicyclic amines) is 1. The fourth-order valence-electron chi connectivity index (χ4n) is 2.96. The van der Waals surface area contributed by atoms with E-state index in [0.29, 0.717) is 25.9 Å². The van der Waals surface area contributed by atoms with Crippen molar-refractivity contribution < 1.29 is 14.3 Å². The average molecular weight is 359 g/mol. The van der Waals surface area contributed by atoms with E-state index in [1.807, 2.05) is 29.6 Å². The van der Waals surface area contributed by atoms with Crippen molar-refractivity contribution in [3.63, 3.8) is 0 Å². The average Bonchev–Trinajstić information content (AvgIpc) is 3.10. The van der Waals surface area contributed by atoms with E-state index in [0.717, 1.165) is 22.0 Å². The van der Waals surface area contributed by atoms with Crippen LogP contribution in [0.15, 0.2) is 29.6 Å². The third-order valence-electron chi connectivity index (χ3n) is 4.45. The predicted octanol–water partition coefficient (Wildman–Crippen LogP) is 2.09. The Morgan fingerprint density at radius 1 is 1.36 bits per heavy atom. The molecule has 0 unspecified atom stereocenters. The number of carbonyl (C=O) groups is 2. The van der Waals surface area contributed by atoms with Gasteiger partial charge in [0.15, 0.2) is 0 Å². The van der Waals surface area contributed by atoms with Crippen LogP contribution in [0.25, 0.3) is 10.6 Å². The summed E-state index contributed by atoms with van der Waals surface area (Å²) < 4.78 is 5.24. The van der Waals surface area contributed by atoms with Crippen molar-refractivity contribution in [1.82, 2.24) is 9.88 Å². The molecule has 2 N–H and O–H groups in total. The zero-order chi connectivity index (χ0) is 17.8. The quantitative estimate of drug-likeness (QED) is 0.886. The van der Waals surface area contributed by atoms with Gasteiger partial charge >= 0.3 is 0 Å². The zero-order valence-electron chi connectivity index (χ0n) is 14.1. The van der Waals surface area contributed by atoms with Crippen molar-refractivity contribution in [1.29, 1.82) is 0 Å². The fraction of sp³-hybridized carbons (Fsp3) is 0.389. The molecular formula is C18H21N3O3S. The summed E-state index contributed by atoms with van der Waals surface area (Å²) in [5, 5.41) is 2.79. The van der Waals surface area contributed by atoms with E-state index in [1.54, 1.807) is 12.0 Å². The maximum absolute atomic E-state index is 12.4. The molecule has 2 heterocycles. The van der Waals surface area contributed by atoms with Crippen LogP contribution < -0.4 is 10.5 Å². The van der Waals surface area contributed by atoms with Crippen LogP contribution >= 0.6 is 11.3 Å². The molecule has 1 aromatic carbocycles. The van der Waals surface area contributed by atoms with Crippen molar-refractivity contribution in [2.24, 2.45) is 11.7 Å². The third kappa shape index (κ3) is 4.17. The Morgan fingerprint density at radius 3 is 2.80 bits per heavy atom. The minimum atomic E-state index is -0.269. The van der Waals surface area contributed by atoms with Gasteiger partial charge in [-0.05, 0) is 25.0 Å². The highest BCUT2D eigenvalue weighted by atomic mass is 32.1. The number of aromatic nitrogens is 1. The molecule has 2 aromatic rings. The smallest absolute Gasteiger partial charge is 0.228 e. The van der Waals surface area contributed by atoms with Gasteiger partial charge in [-0.15, -0.1) is 11.3 Å². The lowest BCUT2D eigenvalue weighted by Crippen LogP contribution is -2.42. The lowest BCUT2D eigenvalue weighted by atomic mass is 9.96. The number of rotatable bonds is 5. The summed E-state index contributed by atoms with van der Waals surface area (Å²) in [6, 6.07) is 7.71. The largest absolute Gasteiger partial charge is 0.497 e. The molecule has 0 bridgehead atoms. The van der Waals surface area contributed by atoms with Gasteiger partial charge in [0.05, 0.1) is 19.2 Å². The summed E-state index contributed by atoms with van der Waals surface area (Å²) in [7, 11) is 1.63. The number of primary amides is 1. The molecule has 0 aliphatic carbocycles. The molecule has 7 heteroatoms. The normalized spacial score (nSPS) is 15.2. The van der Waals surface area contributed by atoms with Crippen LogP contribution in [0.4, 0.5) is 0 Å². The molecule has 0 atom stereocenters. The molecule has 0 radical (unpaired) electrons. The third-order valence-corrected chi connectivity index (χ3v) is 5.39. The molecular weight excluding hydrogens is 338 g/mol. The molecule has 0 saturated carbocycles. The number of carbonyl (C=O) groups excluding carboxylic acids is 2. The highest BCUT2D eigenvalue weighted by Crippen LogP contribution is 2.27. The Bertz CT molecular complexity index is 766. The number of piperidine rings is 1. The van der Waals surface area contributed by atoms with E-state index in [2.05, 4.69) is 4.98 Å². The maximum atomic E-state index is 12.4. The van der Waals surface area contributed by atoms with Crippen LogP contribution in [0, 0.1) is 5.92 Å². The van der Waals surface area contributed by atoms with Crippen LogP contribution in [0.2, 0.25) is 0 Å². The molecule has 1 fully saturated rings. The number of hydrogen-bond donors (Lipinski definition) is 1. The van der Waals surface area contributed by atoms with E-state index in [-0.39, 0.29) is 24.2 Å². The molecule has 1 aliphatic heterocycles. The molecule has 1 aliphatic rings. The Hall–Kier alpha value is -2.41. The molecule has 0 spiro atoms. The number of nitrogens with zero attached hydrogens (tertiary/aromatic N) is 2. The summed E-state index contributed by atoms with van der Waals surface area (Å²) in [5.41, 5.74) is 7.08. The van der Waals surface area contributed by atoms with Gasteiger partial charge in [-0.25, -0.2) is 4.98 Å².